The lowest BCUT2D eigenvalue weighted by Gasteiger charge is -2.25. The maximum atomic E-state index is 8.92. The van der Waals surface area contributed by atoms with Crippen molar-refractivity contribution in [3.05, 3.63) is 0 Å². The summed E-state index contributed by atoms with van der Waals surface area (Å²) < 4.78 is 0. The Morgan fingerprint density at radius 1 is 1.78 bits per heavy atom. The van der Waals surface area contributed by atoms with Crippen molar-refractivity contribution in [2.24, 2.45) is 11.1 Å². The summed E-state index contributed by atoms with van der Waals surface area (Å²) in [7, 11) is 0. The summed E-state index contributed by atoms with van der Waals surface area (Å²) in [5.74, 6) is 0. The van der Waals surface area contributed by atoms with Crippen LogP contribution in [0.5, 0.6) is 0 Å². The van der Waals surface area contributed by atoms with Crippen LogP contribution < -0.4 is 5.73 Å². The van der Waals surface area contributed by atoms with Crippen LogP contribution in [-0.4, -0.2) is 17.8 Å². The topological polar surface area (TPSA) is 46.2 Å². The summed E-state index contributed by atoms with van der Waals surface area (Å²) in [5, 5.41) is 8.92. The molecule has 0 bridgehead atoms. The Bertz CT molecular complexity index is 105. The van der Waals surface area contributed by atoms with Crippen LogP contribution >= 0.6 is 0 Å². The molecule has 1 saturated carbocycles. The predicted molar refractivity (Wildman–Crippen MR) is 37.0 cm³/mol. The Balaban J connectivity index is 2.56. The summed E-state index contributed by atoms with van der Waals surface area (Å²) >= 11 is 0. The lowest BCUT2D eigenvalue weighted by atomic mass is 9.86. The van der Waals surface area contributed by atoms with Crippen molar-refractivity contribution < 1.29 is 5.11 Å². The van der Waals surface area contributed by atoms with Gasteiger partial charge >= 0.3 is 0 Å². The van der Waals surface area contributed by atoms with Gasteiger partial charge in [-0.2, -0.15) is 0 Å². The predicted octanol–water partition coefficient (Wildman–Crippen LogP) is 0.496. The molecule has 0 saturated heterocycles. The van der Waals surface area contributed by atoms with Crippen LogP contribution in [0.1, 0.15) is 26.2 Å². The molecule has 0 amide bonds. The molecule has 0 heterocycles. The van der Waals surface area contributed by atoms with Gasteiger partial charge in [0.1, 0.15) is 0 Å². The fourth-order valence-electron chi connectivity index (χ4n) is 1.46. The largest absolute Gasteiger partial charge is 0.396 e. The van der Waals surface area contributed by atoms with Gasteiger partial charge in [0.2, 0.25) is 0 Å². The van der Waals surface area contributed by atoms with E-state index in [2.05, 4.69) is 6.92 Å². The first-order valence-corrected chi connectivity index (χ1v) is 3.55. The van der Waals surface area contributed by atoms with E-state index >= 15 is 0 Å². The Kier molecular flexibility index (Phi) is 1.78. The third kappa shape index (κ3) is 1.10. The fourth-order valence-corrected chi connectivity index (χ4v) is 1.46. The molecule has 0 aromatic heterocycles. The molecule has 1 rings (SSSR count). The van der Waals surface area contributed by atoms with Gasteiger partial charge in [0.25, 0.3) is 0 Å². The number of rotatable bonds is 1. The average molecular weight is 129 g/mol. The lowest BCUT2D eigenvalue weighted by molar-refractivity contribution is 0.133. The SMILES string of the molecule is C[C@@]1(CO)CCC[C@@H]1N. The molecule has 1 aliphatic rings. The van der Waals surface area contributed by atoms with Gasteiger partial charge in [-0.1, -0.05) is 13.3 Å². The van der Waals surface area contributed by atoms with Crippen molar-refractivity contribution in [3.63, 3.8) is 0 Å². The Morgan fingerprint density at radius 3 is 2.67 bits per heavy atom. The molecular weight excluding hydrogens is 114 g/mol. The molecule has 2 nitrogen and oxygen atoms in total. The number of nitrogens with two attached hydrogens (primary N) is 1. The van der Waals surface area contributed by atoms with Crippen LogP contribution in [0.3, 0.4) is 0 Å². The van der Waals surface area contributed by atoms with E-state index in [9.17, 15) is 0 Å². The molecule has 2 heteroatoms. The molecule has 0 spiro atoms. The Hall–Kier alpha value is -0.0800. The van der Waals surface area contributed by atoms with Crippen LogP contribution in [-0.2, 0) is 0 Å². The van der Waals surface area contributed by atoms with Crippen LogP contribution in [0, 0.1) is 5.41 Å². The van der Waals surface area contributed by atoms with E-state index in [1.165, 1.54) is 6.42 Å². The minimum absolute atomic E-state index is 0.0278. The fraction of sp³-hybridized carbons (Fsp3) is 1.00. The first-order valence-electron chi connectivity index (χ1n) is 3.55. The van der Waals surface area contributed by atoms with Crippen LogP contribution in [0.15, 0.2) is 0 Å². The zero-order chi connectivity index (χ0) is 6.91. The lowest BCUT2D eigenvalue weighted by Crippen LogP contribution is -2.37. The third-order valence-electron chi connectivity index (χ3n) is 2.52. The summed E-state index contributed by atoms with van der Waals surface area (Å²) in [4.78, 5) is 0. The van der Waals surface area contributed by atoms with Gasteiger partial charge in [-0.3, -0.25) is 0 Å². The van der Waals surface area contributed by atoms with Gasteiger partial charge in [-0.05, 0) is 12.8 Å². The van der Waals surface area contributed by atoms with Crippen LogP contribution in [0.25, 0.3) is 0 Å². The molecule has 1 aliphatic carbocycles. The molecule has 3 N–H and O–H groups in total. The summed E-state index contributed by atoms with van der Waals surface area (Å²) in [5.41, 5.74) is 5.79. The van der Waals surface area contributed by atoms with Gasteiger partial charge in [-0.15, -0.1) is 0 Å². The average Bonchev–Trinajstić information content (AvgIpc) is 2.15. The van der Waals surface area contributed by atoms with E-state index in [0.717, 1.165) is 12.8 Å². The first kappa shape index (κ1) is 7.03. The van der Waals surface area contributed by atoms with Crippen molar-refractivity contribution in [3.8, 4) is 0 Å². The molecule has 54 valence electrons. The van der Waals surface area contributed by atoms with Crippen molar-refractivity contribution >= 4 is 0 Å². The molecule has 0 aromatic carbocycles. The highest BCUT2D eigenvalue weighted by atomic mass is 16.3. The quantitative estimate of drug-likeness (QED) is 0.541. The highest BCUT2D eigenvalue weighted by molar-refractivity contribution is 4.90. The maximum Gasteiger partial charge on any atom is 0.0499 e. The number of hydrogen-bond donors (Lipinski definition) is 2. The van der Waals surface area contributed by atoms with Crippen molar-refractivity contribution in [2.75, 3.05) is 6.61 Å². The normalized spacial score (nSPS) is 43.7. The molecule has 0 aromatic rings. The Morgan fingerprint density at radius 2 is 2.44 bits per heavy atom. The molecule has 0 aliphatic heterocycles. The van der Waals surface area contributed by atoms with E-state index in [1.807, 2.05) is 0 Å². The summed E-state index contributed by atoms with van der Waals surface area (Å²) in [6.07, 6.45) is 3.35. The molecule has 0 unspecified atom stereocenters. The zero-order valence-electron chi connectivity index (χ0n) is 5.93. The highest BCUT2D eigenvalue weighted by Gasteiger charge is 2.35. The maximum absolute atomic E-state index is 8.92. The van der Waals surface area contributed by atoms with E-state index in [0.29, 0.717) is 0 Å². The van der Waals surface area contributed by atoms with Crippen LogP contribution in [0.2, 0.25) is 0 Å². The summed E-state index contributed by atoms with van der Waals surface area (Å²) in [6.45, 7) is 2.30. The summed E-state index contributed by atoms with van der Waals surface area (Å²) in [6, 6.07) is 0.225. The van der Waals surface area contributed by atoms with E-state index in [1.54, 1.807) is 0 Å². The van der Waals surface area contributed by atoms with Crippen molar-refractivity contribution in [2.45, 2.75) is 32.2 Å². The van der Waals surface area contributed by atoms with E-state index in [4.69, 9.17) is 10.8 Å². The molecule has 1 fully saturated rings. The number of aliphatic hydroxyl groups excluding tert-OH is 1. The molecule has 0 radical (unpaired) electrons. The molecule has 9 heavy (non-hydrogen) atoms. The minimum atomic E-state index is 0.0278. The minimum Gasteiger partial charge on any atom is -0.396 e. The van der Waals surface area contributed by atoms with Crippen molar-refractivity contribution in [1.82, 2.24) is 0 Å². The first-order chi connectivity index (χ1) is 4.19. The van der Waals surface area contributed by atoms with Gasteiger partial charge in [-0.25, -0.2) is 0 Å². The number of aliphatic hydroxyl groups is 1. The van der Waals surface area contributed by atoms with E-state index < -0.39 is 0 Å². The van der Waals surface area contributed by atoms with Crippen LogP contribution in [0.4, 0.5) is 0 Å². The second kappa shape index (κ2) is 2.27. The van der Waals surface area contributed by atoms with Crippen molar-refractivity contribution in [1.29, 1.82) is 0 Å². The van der Waals surface area contributed by atoms with E-state index in [-0.39, 0.29) is 18.1 Å². The van der Waals surface area contributed by atoms with Gasteiger partial charge in [0.05, 0.1) is 0 Å². The molecule has 2 atom stereocenters. The standard InChI is InChI=1S/C7H15NO/c1-7(5-9)4-2-3-6(7)8/h6,9H,2-5,8H2,1H3/t6-,7-/m0/s1. The Labute approximate surface area is 56.1 Å². The zero-order valence-corrected chi connectivity index (χ0v) is 5.93. The smallest absolute Gasteiger partial charge is 0.0499 e. The monoisotopic (exact) mass is 129 g/mol. The van der Waals surface area contributed by atoms with Gasteiger partial charge in [0, 0.05) is 18.1 Å². The second-order valence-corrected chi connectivity index (χ2v) is 3.31. The highest BCUT2D eigenvalue weighted by Crippen LogP contribution is 2.35. The molecular formula is C7H15NO. The van der Waals surface area contributed by atoms with Gasteiger partial charge in [0.15, 0.2) is 0 Å². The second-order valence-electron chi connectivity index (χ2n) is 3.31. The van der Waals surface area contributed by atoms with Gasteiger partial charge < -0.3 is 10.8 Å². The number of hydrogen-bond acceptors (Lipinski definition) is 2. The third-order valence-corrected chi connectivity index (χ3v) is 2.52.